The van der Waals surface area contributed by atoms with Gasteiger partial charge >= 0.3 is 0 Å². The van der Waals surface area contributed by atoms with Crippen LogP contribution in [0.3, 0.4) is 0 Å². The lowest BCUT2D eigenvalue weighted by Crippen LogP contribution is -1.96. The summed E-state index contributed by atoms with van der Waals surface area (Å²) in [5, 5.41) is 15.0. The first-order chi connectivity index (χ1) is 32.8. The Morgan fingerprint density at radius 1 is 0.167 bits per heavy atom. The molecule has 0 heteroatoms. The van der Waals surface area contributed by atoms with Gasteiger partial charge in [-0.2, -0.15) is 0 Å². The number of rotatable bonds is 6. The SMILES string of the molecule is c1ccc(-c2c3ccccc3c(-c3ccc4c(ccc5c(-c6ccccc6)c(-c6c7ccccc7c(-c7ccccc7)c7ccccc67)cc(-c6ccccc6)c54)c3)c3ccccc23)cc1. The smallest absolute Gasteiger partial charge is 0.00197 e. The molecule has 0 heterocycles. The molecule has 13 aromatic rings. The second-order valence-electron chi connectivity index (χ2n) is 17.4. The highest BCUT2D eigenvalue weighted by Gasteiger charge is 2.24. The van der Waals surface area contributed by atoms with Gasteiger partial charge in [0.25, 0.3) is 0 Å². The fourth-order valence-corrected chi connectivity index (χ4v) is 11.1. The van der Waals surface area contributed by atoms with E-state index in [1.54, 1.807) is 0 Å². The minimum atomic E-state index is 1.20. The molecule has 306 valence electrons. The third-order valence-electron chi connectivity index (χ3n) is 13.8. The van der Waals surface area contributed by atoms with E-state index in [-0.39, 0.29) is 0 Å². The van der Waals surface area contributed by atoms with Crippen LogP contribution >= 0.6 is 0 Å². The molecule has 66 heavy (non-hydrogen) atoms. The average Bonchev–Trinajstić information content (AvgIpc) is 3.39. The first kappa shape index (κ1) is 37.9. The van der Waals surface area contributed by atoms with E-state index in [2.05, 4.69) is 255 Å². The molecule has 0 atom stereocenters. The Labute approximate surface area is 384 Å². The van der Waals surface area contributed by atoms with Gasteiger partial charge in [-0.05, 0) is 144 Å². The van der Waals surface area contributed by atoms with Crippen LogP contribution in [-0.2, 0) is 0 Å². The zero-order valence-corrected chi connectivity index (χ0v) is 36.2. The second-order valence-corrected chi connectivity index (χ2v) is 17.4. The lowest BCUT2D eigenvalue weighted by molar-refractivity contribution is 1.62. The van der Waals surface area contributed by atoms with Crippen molar-refractivity contribution in [2.24, 2.45) is 0 Å². The first-order valence-electron chi connectivity index (χ1n) is 22.9. The summed E-state index contributed by atoms with van der Waals surface area (Å²) in [5.74, 6) is 0. The third-order valence-corrected chi connectivity index (χ3v) is 13.8. The highest BCUT2D eigenvalue weighted by atomic mass is 14.3. The van der Waals surface area contributed by atoms with Crippen LogP contribution < -0.4 is 0 Å². The largest absolute Gasteiger partial charge is 0.0622 e. The molecule has 0 saturated heterocycles. The molecule has 0 spiro atoms. The maximum absolute atomic E-state index is 2.51. The molecule has 0 N–H and O–H groups in total. The fourth-order valence-electron chi connectivity index (χ4n) is 11.1. The number of fused-ring (bicyclic) bond motifs is 7. The highest BCUT2D eigenvalue weighted by Crippen LogP contribution is 2.51. The minimum absolute atomic E-state index is 1.20. The minimum Gasteiger partial charge on any atom is -0.0622 e. The molecule has 0 bridgehead atoms. The molecule has 13 rings (SSSR count). The normalized spacial score (nSPS) is 11.6. The van der Waals surface area contributed by atoms with Crippen molar-refractivity contribution >= 4 is 64.6 Å². The van der Waals surface area contributed by atoms with Crippen molar-refractivity contribution in [2.75, 3.05) is 0 Å². The predicted molar refractivity (Wildman–Crippen MR) is 284 cm³/mol. The van der Waals surface area contributed by atoms with Gasteiger partial charge in [0.05, 0.1) is 0 Å². The van der Waals surface area contributed by atoms with Crippen molar-refractivity contribution < 1.29 is 0 Å². The van der Waals surface area contributed by atoms with E-state index in [0.29, 0.717) is 0 Å². The second kappa shape index (κ2) is 15.6. The summed E-state index contributed by atoms with van der Waals surface area (Å²) in [4.78, 5) is 0. The summed E-state index contributed by atoms with van der Waals surface area (Å²) in [6, 6.07) is 94.2. The monoisotopic (exact) mass is 834 g/mol. The fraction of sp³-hybridized carbons (Fsp3) is 0. The van der Waals surface area contributed by atoms with Gasteiger partial charge in [0, 0.05) is 0 Å². The van der Waals surface area contributed by atoms with Gasteiger partial charge in [-0.15, -0.1) is 0 Å². The van der Waals surface area contributed by atoms with Crippen molar-refractivity contribution in [2.45, 2.75) is 0 Å². The van der Waals surface area contributed by atoms with E-state index >= 15 is 0 Å². The van der Waals surface area contributed by atoms with E-state index in [4.69, 9.17) is 0 Å². The summed E-state index contributed by atoms with van der Waals surface area (Å²) in [5.41, 5.74) is 14.8. The van der Waals surface area contributed by atoms with Crippen LogP contribution in [-0.4, -0.2) is 0 Å². The van der Waals surface area contributed by atoms with Crippen molar-refractivity contribution in [3.63, 3.8) is 0 Å². The Balaban J connectivity index is 1.13. The van der Waals surface area contributed by atoms with Crippen molar-refractivity contribution in [1.29, 1.82) is 0 Å². The Morgan fingerprint density at radius 3 is 0.924 bits per heavy atom. The molecule has 0 aliphatic rings. The van der Waals surface area contributed by atoms with Gasteiger partial charge in [0.1, 0.15) is 0 Å². The van der Waals surface area contributed by atoms with E-state index < -0.39 is 0 Å². The van der Waals surface area contributed by atoms with Gasteiger partial charge in [-0.3, -0.25) is 0 Å². The first-order valence-corrected chi connectivity index (χ1v) is 22.9. The van der Waals surface area contributed by atoms with Crippen LogP contribution in [0.2, 0.25) is 0 Å². The number of hydrogen-bond donors (Lipinski definition) is 0. The average molecular weight is 835 g/mol. The molecule has 0 unspecified atom stereocenters. The zero-order chi connectivity index (χ0) is 43.6. The van der Waals surface area contributed by atoms with E-state index in [0.717, 1.165) is 0 Å². The molecule has 0 aliphatic carbocycles. The standard InChI is InChI=1S/C66H42/c1-5-21-43(22-6-1)59-42-60(66-56-35-19-17-33-54(56)62(45-25-9-3-10-26-45)55-34-18-20-36-57(55)66)63(46-27-11-4-12-28-46)58-40-37-47-41-48(38-39-49(47)65(58)59)64-52-31-15-13-29-50(52)61(44-23-7-2-8-24-44)51-30-14-16-32-53(51)64/h1-42H. The molecule has 0 nitrogen and oxygen atoms in total. The lowest BCUT2D eigenvalue weighted by Gasteiger charge is -2.23. The highest BCUT2D eigenvalue weighted by molar-refractivity contribution is 6.28. The molecule has 0 aliphatic heterocycles. The summed E-state index contributed by atoms with van der Waals surface area (Å²) in [7, 11) is 0. The maximum atomic E-state index is 2.51. The Bertz CT molecular complexity index is 3890. The molecule has 13 aromatic carbocycles. The zero-order valence-electron chi connectivity index (χ0n) is 36.2. The Hall–Kier alpha value is -8.58. The molecule has 0 fully saturated rings. The molecule has 0 amide bonds. The number of hydrogen-bond acceptors (Lipinski definition) is 0. The topological polar surface area (TPSA) is 0 Å². The summed E-state index contributed by atoms with van der Waals surface area (Å²) >= 11 is 0. The predicted octanol–water partition coefficient (Wildman–Crippen LogP) is 18.6. The van der Waals surface area contributed by atoms with Crippen molar-refractivity contribution in [3.8, 4) is 66.8 Å². The van der Waals surface area contributed by atoms with Crippen LogP contribution in [0.5, 0.6) is 0 Å². The number of benzene rings is 13. The van der Waals surface area contributed by atoms with Gasteiger partial charge in [0.15, 0.2) is 0 Å². The molecular weight excluding hydrogens is 793 g/mol. The maximum Gasteiger partial charge on any atom is -0.00197 e. The molecule has 0 saturated carbocycles. The van der Waals surface area contributed by atoms with Crippen LogP contribution in [0, 0.1) is 0 Å². The third kappa shape index (κ3) is 6.00. The van der Waals surface area contributed by atoms with E-state index in [9.17, 15) is 0 Å². The van der Waals surface area contributed by atoms with E-state index in [1.807, 2.05) is 0 Å². The van der Waals surface area contributed by atoms with Gasteiger partial charge in [0.2, 0.25) is 0 Å². The molecule has 0 aromatic heterocycles. The van der Waals surface area contributed by atoms with Crippen molar-refractivity contribution in [3.05, 3.63) is 255 Å². The Kier molecular flexibility index (Phi) is 8.96. The van der Waals surface area contributed by atoms with Crippen LogP contribution in [0.1, 0.15) is 0 Å². The molecular formula is C66H42. The summed E-state index contributed by atoms with van der Waals surface area (Å²) in [6.45, 7) is 0. The van der Waals surface area contributed by atoms with Crippen LogP contribution in [0.15, 0.2) is 255 Å². The molecule has 0 radical (unpaired) electrons. The van der Waals surface area contributed by atoms with Crippen LogP contribution in [0.25, 0.3) is 131 Å². The summed E-state index contributed by atoms with van der Waals surface area (Å²) in [6.07, 6.45) is 0. The van der Waals surface area contributed by atoms with Crippen molar-refractivity contribution in [1.82, 2.24) is 0 Å². The lowest BCUT2D eigenvalue weighted by atomic mass is 9.80. The van der Waals surface area contributed by atoms with Crippen LogP contribution in [0.4, 0.5) is 0 Å². The van der Waals surface area contributed by atoms with Gasteiger partial charge in [-0.1, -0.05) is 243 Å². The van der Waals surface area contributed by atoms with Gasteiger partial charge < -0.3 is 0 Å². The van der Waals surface area contributed by atoms with E-state index in [1.165, 1.54) is 131 Å². The van der Waals surface area contributed by atoms with Gasteiger partial charge in [-0.25, -0.2) is 0 Å². The Morgan fingerprint density at radius 2 is 0.500 bits per heavy atom. The summed E-state index contributed by atoms with van der Waals surface area (Å²) < 4.78 is 0. The quantitative estimate of drug-likeness (QED) is 0.116.